The number of carbonyl (C=O) groups excluding carboxylic acids is 1. The molecule has 1 saturated carbocycles. The highest BCUT2D eigenvalue weighted by Crippen LogP contribution is 2.36. The lowest BCUT2D eigenvalue weighted by Crippen LogP contribution is -2.34. The highest BCUT2D eigenvalue weighted by molar-refractivity contribution is 5.93. The lowest BCUT2D eigenvalue weighted by atomic mass is 9.98. The summed E-state index contributed by atoms with van der Waals surface area (Å²) in [6.07, 6.45) is 2.34. The van der Waals surface area contributed by atoms with E-state index in [0.29, 0.717) is 30.2 Å². The van der Waals surface area contributed by atoms with Gasteiger partial charge in [-0.3, -0.25) is 9.69 Å². The Morgan fingerprint density at radius 1 is 1.38 bits per heavy atom. The van der Waals surface area contributed by atoms with Crippen molar-refractivity contribution < 1.29 is 9.53 Å². The molecule has 1 aromatic rings. The predicted molar refractivity (Wildman–Crippen MR) is 82.3 cm³/mol. The van der Waals surface area contributed by atoms with E-state index in [1.807, 2.05) is 24.3 Å². The number of anilines is 1. The highest BCUT2D eigenvalue weighted by atomic mass is 16.5. The summed E-state index contributed by atoms with van der Waals surface area (Å²) < 4.78 is 5.25. The minimum Gasteiger partial charge on any atom is -0.495 e. The van der Waals surface area contributed by atoms with Gasteiger partial charge >= 0.3 is 0 Å². The highest BCUT2D eigenvalue weighted by Gasteiger charge is 2.41. The smallest absolute Gasteiger partial charge is 0.238 e. The van der Waals surface area contributed by atoms with Gasteiger partial charge in [-0.25, -0.2) is 0 Å². The number of amides is 1. The molecule has 1 aromatic carbocycles. The van der Waals surface area contributed by atoms with Crippen LogP contribution in [-0.4, -0.2) is 43.6 Å². The molecule has 1 aliphatic carbocycles. The van der Waals surface area contributed by atoms with E-state index in [1.165, 1.54) is 6.42 Å². The third kappa shape index (κ3) is 3.04. The van der Waals surface area contributed by atoms with E-state index in [2.05, 4.69) is 10.2 Å². The first-order chi connectivity index (χ1) is 10.2. The Morgan fingerprint density at radius 3 is 2.95 bits per heavy atom. The van der Waals surface area contributed by atoms with Gasteiger partial charge in [-0.15, -0.1) is 0 Å². The molecule has 2 aliphatic rings. The fraction of sp³-hybridized carbons (Fsp3) is 0.562. The van der Waals surface area contributed by atoms with E-state index in [4.69, 9.17) is 10.5 Å². The van der Waals surface area contributed by atoms with Crippen molar-refractivity contribution in [3.05, 3.63) is 24.3 Å². The minimum atomic E-state index is 0.00745. The average Bonchev–Trinajstić information content (AvgIpc) is 3.01. The van der Waals surface area contributed by atoms with Crippen LogP contribution in [0.25, 0.3) is 0 Å². The Labute approximate surface area is 125 Å². The van der Waals surface area contributed by atoms with Crippen LogP contribution >= 0.6 is 0 Å². The molecule has 3 rings (SSSR count). The van der Waals surface area contributed by atoms with Crippen molar-refractivity contribution in [1.29, 1.82) is 0 Å². The van der Waals surface area contributed by atoms with Crippen LogP contribution in [0.5, 0.6) is 5.75 Å². The molecule has 1 saturated heterocycles. The molecule has 3 atom stereocenters. The fourth-order valence-corrected chi connectivity index (χ4v) is 3.67. The molecule has 1 amide bonds. The monoisotopic (exact) mass is 289 g/mol. The lowest BCUT2D eigenvalue weighted by Gasteiger charge is -2.18. The SMILES string of the molecule is COc1ccccc1NC(=O)CN1CC2CCC(N)C2C1. The summed E-state index contributed by atoms with van der Waals surface area (Å²) in [7, 11) is 1.61. The summed E-state index contributed by atoms with van der Waals surface area (Å²) in [6.45, 7) is 2.38. The fourth-order valence-electron chi connectivity index (χ4n) is 3.67. The number of nitrogens with zero attached hydrogens (tertiary/aromatic N) is 1. The van der Waals surface area contributed by atoms with Crippen LogP contribution in [-0.2, 0) is 4.79 Å². The Hall–Kier alpha value is -1.59. The van der Waals surface area contributed by atoms with Crippen LogP contribution in [0.15, 0.2) is 24.3 Å². The van der Waals surface area contributed by atoms with Crippen LogP contribution in [0, 0.1) is 11.8 Å². The first-order valence-electron chi connectivity index (χ1n) is 7.58. The number of methoxy groups -OCH3 is 1. The predicted octanol–water partition coefficient (Wildman–Crippen LogP) is 1.30. The van der Waals surface area contributed by atoms with Crippen LogP contribution in [0.1, 0.15) is 12.8 Å². The van der Waals surface area contributed by atoms with Gasteiger partial charge in [-0.1, -0.05) is 12.1 Å². The maximum atomic E-state index is 12.2. The zero-order valence-electron chi connectivity index (χ0n) is 12.4. The van der Waals surface area contributed by atoms with Crippen molar-refractivity contribution in [2.75, 3.05) is 32.1 Å². The third-order valence-electron chi connectivity index (χ3n) is 4.74. The second-order valence-corrected chi connectivity index (χ2v) is 6.11. The topological polar surface area (TPSA) is 67.6 Å². The molecule has 5 nitrogen and oxygen atoms in total. The normalized spacial score (nSPS) is 28.4. The molecule has 21 heavy (non-hydrogen) atoms. The van der Waals surface area contributed by atoms with E-state index >= 15 is 0 Å². The number of carbonyl (C=O) groups is 1. The lowest BCUT2D eigenvalue weighted by molar-refractivity contribution is -0.117. The molecule has 5 heteroatoms. The number of benzene rings is 1. The molecule has 1 aliphatic heterocycles. The summed E-state index contributed by atoms with van der Waals surface area (Å²) in [5, 5.41) is 2.93. The number of para-hydroxylation sites is 2. The summed E-state index contributed by atoms with van der Waals surface area (Å²) in [5.74, 6) is 1.95. The Morgan fingerprint density at radius 2 is 2.19 bits per heavy atom. The van der Waals surface area contributed by atoms with Gasteiger partial charge in [0.1, 0.15) is 5.75 Å². The van der Waals surface area contributed by atoms with Gasteiger partial charge in [0, 0.05) is 19.1 Å². The molecule has 3 N–H and O–H groups in total. The Bertz CT molecular complexity index is 520. The van der Waals surface area contributed by atoms with Gasteiger partial charge in [0.2, 0.25) is 5.91 Å². The number of rotatable bonds is 4. The number of fused-ring (bicyclic) bond motifs is 1. The molecule has 2 fully saturated rings. The summed E-state index contributed by atoms with van der Waals surface area (Å²) in [6, 6.07) is 7.78. The summed E-state index contributed by atoms with van der Waals surface area (Å²) in [4.78, 5) is 14.4. The van der Waals surface area contributed by atoms with Crippen molar-refractivity contribution in [1.82, 2.24) is 4.90 Å². The number of nitrogens with one attached hydrogen (secondary N) is 1. The van der Waals surface area contributed by atoms with Gasteiger partial charge < -0.3 is 15.8 Å². The van der Waals surface area contributed by atoms with Crippen LogP contribution in [0.3, 0.4) is 0 Å². The largest absolute Gasteiger partial charge is 0.495 e. The van der Waals surface area contributed by atoms with Gasteiger partial charge in [0.15, 0.2) is 0 Å². The minimum absolute atomic E-state index is 0.00745. The van der Waals surface area contributed by atoms with Crippen molar-refractivity contribution in [2.24, 2.45) is 17.6 Å². The maximum Gasteiger partial charge on any atom is 0.238 e. The van der Waals surface area contributed by atoms with Crippen molar-refractivity contribution in [2.45, 2.75) is 18.9 Å². The van der Waals surface area contributed by atoms with Crippen molar-refractivity contribution in [3.63, 3.8) is 0 Å². The van der Waals surface area contributed by atoms with Gasteiger partial charge in [0.05, 0.1) is 19.3 Å². The number of likely N-dealkylation sites (tertiary alicyclic amines) is 1. The number of hydrogen-bond donors (Lipinski definition) is 2. The Kier molecular flexibility index (Phi) is 4.12. The zero-order chi connectivity index (χ0) is 14.8. The second kappa shape index (κ2) is 6.03. The maximum absolute atomic E-state index is 12.2. The van der Waals surface area contributed by atoms with Crippen molar-refractivity contribution in [3.8, 4) is 5.75 Å². The zero-order valence-corrected chi connectivity index (χ0v) is 12.4. The van der Waals surface area contributed by atoms with Crippen LogP contribution < -0.4 is 15.8 Å². The van der Waals surface area contributed by atoms with Crippen molar-refractivity contribution >= 4 is 11.6 Å². The van der Waals surface area contributed by atoms with Gasteiger partial charge in [-0.2, -0.15) is 0 Å². The number of nitrogens with two attached hydrogens (primary N) is 1. The Balaban J connectivity index is 1.55. The molecular weight excluding hydrogens is 266 g/mol. The van der Waals surface area contributed by atoms with E-state index in [0.717, 1.165) is 25.2 Å². The number of hydrogen-bond acceptors (Lipinski definition) is 4. The summed E-state index contributed by atoms with van der Waals surface area (Å²) in [5.41, 5.74) is 6.85. The van der Waals surface area contributed by atoms with Crippen LogP contribution in [0.2, 0.25) is 0 Å². The molecule has 0 aromatic heterocycles. The average molecular weight is 289 g/mol. The second-order valence-electron chi connectivity index (χ2n) is 6.11. The van der Waals surface area contributed by atoms with Gasteiger partial charge in [-0.05, 0) is 36.8 Å². The first-order valence-corrected chi connectivity index (χ1v) is 7.58. The van der Waals surface area contributed by atoms with Crippen LogP contribution in [0.4, 0.5) is 5.69 Å². The summed E-state index contributed by atoms with van der Waals surface area (Å²) >= 11 is 0. The van der Waals surface area contributed by atoms with E-state index in [9.17, 15) is 4.79 Å². The van der Waals surface area contributed by atoms with E-state index in [1.54, 1.807) is 7.11 Å². The first kappa shape index (κ1) is 14.4. The molecule has 3 unspecified atom stereocenters. The van der Waals surface area contributed by atoms with E-state index < -0.39 is 0 Å². The molecule has 1 heterocycles. The van der Waals surface area contributed by atoms with Gasteiger partial charge in [0.25, 0.3) is 0 Å². The number of ether oxygens (including phenoxy) is 1. The quantitative estimate of drug-likeness (QED) is 0.877. The molecule has 0 spiro atoms. The van der Waals surface area contributed by atoms with E-state index in [-0.39, 0.29) is 5.91 Å². The molecule has 0 radical (unpaired) electrons. The molecular formula is C16H23N3O2. The third-order valence-corrected chi connectivity index (χ3v) is 4.74. The molecule has 0 bridgehead atoms. The molecule has 114 valence electrons. The standard InChI is InChI=1S/C16H23N3O2/c1-21-15-5-3-2-4-14(15)18-16(20)10-19-8-11-6-7-13(17)12(11)9-19/h2-5,11-13H,6-10,17H2,1H3,(H,18,20).